The number of unbranched alkanes of at least 4 members (excludes halogenated alkanes) is 3. The van der Waals surface area contributed by atoms with Gasteiger partial charge >= 0.3 is 0 Å². The molecule has 0 aromatic rings. The lowest BCUT2D eigenvalue weighted by molar-refractivity contribution is -0.116. The van der Waals surface area contributed by atoms with Crippen LogP contribution >= 0.6 is 0 Å². The van der Waals surface area contributed by atoms with Crippen LogP contribution in [0.4, 0.5) is 0 Å². The summed E-state index contributed by atoms with van der Waals surface area (Å²) < 4.78 is 0. The molecule has 0 unspecified atom stereocenters. The second kappa shape index (κ2) is 8.98. The van der Waals surface area contributed by atoms with Crippen LogP contribution in [0.5, 0.6) is 0 Å². The Kier molecular flexibility index (Phi) is 8.61. The lowest BCUT2D eigenvalue weighted by Gasteiger charge is -2.00. The third-order valence-corrected chi connectivity index (χ3v) is 2.41. The predicted molar refractivity (Wildman–Crippen MR) is 62.4 cm³/mol. The van der Waals surface area contributed by atoms with Crippen LogP contribution in [-0.2, 0) is 4.79 Å². The van der Waals surface area contributed by atoms with E-state index in [1.807, 2.05) is 0 Å². The number of rotatable bonds is 8. The molecule has 0 heterocycles. The van der Waals surface area contributed by atoms with Crippen molar-refractivity contribution in [2.45, 2.75) is 65.7 Å². The first-order valence-corrected chi connectivity index (χ1v) is 5.82. The predicted octanol–water partition coefficient (Wildman–Crippen LogP) is 4.27. The van der Waals surface area contributed by atoms with Crippen molar-refractivity contribution in [2.24, 2.45) is 0 Å². The zero-order valence-corrected chi connectivity index (χ0v) is 9.94. The Morgan fingerprint density at radius 2 is 1.79 bits per heavy atom. The third-order valence-electron chi connectivity index (χ3n) is 2.41. The Labute approximate surface area is 88.6 Å². The maximum atomic E-state index is 10.7. The molecule has 0 saturated heterocycles. The minimum absolute atomic E-state index is 0.292. The number of carbonyl (C=O) groups is 1. The number of Topliss-reactive ketones (excluding diaryl/α,β-unsaturated/α-hetero) is 1. The summed E-state index contributed by atoms with van der Waals surface area (Å²) in [5.41, 5.74) is 1.45. The molecule has 0 atom stereocenters. The zero-order valence-electron chi connectivity index (χ0n) is 9.94. The number of carbonyl (C=O) groups excluding carboxylic acids is 1. The Bertz CT molecular complexity index is 180. The Hall–Kier alpha value is -0.590. The van der Waals surface area contributed by atoms with Crippen molar-refractivity contribution in [1.82, 2.24) is 0 Å². The molecule has 1 heteroatoms. The minimum atomic E-state index is 0.292. The van der Waals surface area contributed by atoms with Gasteiger partial charge in [-0.2, -0.15) is 0 Å². The first-order valence-electron chi connectivity index (χ1n) is 5.82. The van der Waals surface area contributed by atoms with Crippen LogP contribution in [0.15, 0.2) is 11.6 Å². The van der Waals surface area contributed by atoms with Crippen LogP contribution in [0.3, 0.4) is 0 Å². The summed E-state index contributed by atoms with van der Waals surface area (Å²) in [4.78, 5) is 10.7. The van der Waals surface area contributed by atoms with Gasteiger partial charge in [-0.3, -0.25) is 0 Å². The Morgan fingerprint density at radius 3 is 2.36 bits per heavy atom. The molecule has 0 N–H and O–H groups in total. The van der Waals surface area contributed by atoms with Gasteiger partial charge in [0.2, 0.25) is 0 Å². The van der Waals surface area contributed by atoms with E-state index in [-0.39, 0.29) is 0 Å². The van der Waals surface area contributed by atoms with Gasteiger partial charge in [0.15, 0.2) is 0 Å². The topological polar surface area (TPSA) is 17.1 Å². The SMILES string of the molecule is CCCCCC/C(C)=C\CCC(C)=O. The van der Waals surface area contributed by atoms with Crippen molar-refractivity contribution >= 4 is 5.78 Å². The summed E-state index contributed by atoms with van der Waals surface area (Å²) in [7, 11) is 0. The number of ketones is 1. The van der Waals surface area contributed by atoms with Crippen molar-refractivity contribution < 1.29 is 4.79 Å². The largest absolute Gasteiger partial charge is 0.300 e. The number of hydrogen-bond acceptors (Lipinski definition) is 1. The quantitative estimate of drug-likeness (QED) is 0.418. The molecule has 0 fully saturated rings. The standard InChI is InChI=1S/C13H24O/c1-4-5-6-7-9-12(2)10-8-11-13(3)14/h10H,4-9,11H2,1-3H3/b12-10-. The Morgan fingerprint density at radius 1 is 1.07 bits per heavy atom. The molecule has 1 nitrogen and oxygen atoms in total. The smallest absolute Gasteiger partial charge is 0.130 e. The molecular weight excluding hydrogens is 172 g/mol. The fraction of sp³-hybridized carbons (Fsp3) is 0.769. The molecule has 0 aliphatic heterocycles. The van der Waals surface area contributed by atoms with Gasteiger partial charge in [-0.05, 0) is 33.1 Å². The minimum Gasteiger partial charge on any atom is -0.300 e. The summed E-state index contributed by atoms with van der Waals surface area (Å²) in [6, 6.07) is 0. The number of allylic oxidation sites excluding steroid dienone is 2. The van der Waals surface area contributed by atoms with E-state index in [1.54, 1.807) is 6.92 Å². The van der Waals surface area contributed by atoms with Crippen molar-refractivity contribution in [3.8, 4) is 0 Å². The van der Waals surface area contributed by atoms with Gasteiger partial charge in [-0.1, -0.05) is 37.8 Å². The summed E-state index contributed by atoms with van der Waals surface area (Å²) in [5, 5.41) is 0. The van der Waals surface area contributed by atoms with Crippen molar-refractivity contribution in [3.63, 3.8) is 0 Å². The summed E-state index contributed by atoms with van der Waals surface area (Å²) in [6.07, 6.45) is 10.3. The van der Waals surface area contributed by atoms with Crippen LogP contribution in [0.25, 0.3) is 0 Å². The fourth-order valence-corrected chi connectivity index (χ4v) is 1.45. The van der Waals surface area contributed by atoms with E-state index >= 15 is 0 Å². The van der Waals surface area contributed by atoms with E-state index in [0.29, 0.717) is 12.2 Å². The van der Waals surface area contributed by atoms with Gasteiger partial charge in [0.05, 0.1) is 0 Å². The normalized spacial score (nSPS) is 11.8. The second-order valence-electron chi connectivity index (χ2n) is 4.10. The van der Waals surface area contributed by atoms with E-state index in [1.165, 1.54) is 37.7 Å². The molecule has 0 bridgehead atoms. The molecule has 0 aliphatic carbocycles. The molecule has 0 saturated carbocycles. The lowest BCUT2D eigenvalue weighted by Crippen LogP contribution is -1.87. The highest BCUT2D eigenvalue weighted by atomic mass is 16.1. The van der Waals surface area contributed by atoms with Crippen molar-refractivity contribution in [2.75, 3.05) is 0 Å². The van der Waals surface area contributed by atoms with Crippen molar-refractivity contribution in [3.05, 3.63) is 11.6 Å². The lowest BCUT2D eigenvalue weighted by atomic mass is 10.1. The summed E-state index contributed by atoms with van der Waals surface area (Å²) >= 11 is 0. The van der Waals surface area contributed by atoms with Gasteiger partial charge in [-0.25, -0.2) is 0 Å². The van der Waals surface area contributed by atoms with Crippen LogP contribution in [0.1, 0.15) is 65.7 Å². The van der Waals surface area contributed by atoms with E-state index in [9.17, 15) is 4.79 Å². The van der Waals surface area contributed by atoms with Crippen LogP contribution in [0, 0.1) is 0 Å². The van der Waals surface area contributed by atoms with Gasteiger partial charge in [0.25, 0.3) is 0 Å². The average molecular weight is 196 g/mol. The highest BCUT2D eigenvalue weighted by Crippen LogP contribution is 2.10. The molecule has 0 radical (unpaired) electrons. The van der Waals surface area contributed by atoms with E-state index in [0.717, 1.165) is 6.42 Å². The molecule has 14 heavy (non-hydrogen) atoms. The van der Waals surface area contributed by atoms with E-state index in [2.05, 4.69) is 19.9 Å². The van der Waals surface area contributed by atoms with E-state index < -0.39 is 0 Å². The van der Waals surface area contributed by atoms with Gasteiger partial charge in [0, 0.05) is 6.42 Å². The first kappa shape index (κ1) is 13.4. The summed E-state index contributed by atoms with van der Waals surface area (Å²) in [6.45, 7) is 6.06. The third kappa shape index (κ3) is 9.50. The number of hydrogen-bond donors (Lipinski definition) is 0. The van der Waals surface area contributed by atoms with Crippen molar-refractivity contribution in [1.29, 1.82) is 0 Å². The maximum absolute atomic E-state index is 10.7. The molecule has 0 aromatic heterocycles. The molecule has 0 aliphatic rings. The molecule has 0 spiro atoms. The maximum Gasteiger partial charge on any atom is 0.130 e. The molecular formula is C13H24O. The highest BCUT2D eigenvalue weighted by Gasteiger charge is 1.93. The fourth-order valence-electron chi connectivity index (χ4n) is 1.45. The van der Waals surface area contributed by atoms with Crippen LogP contribution in [-0.4, -0.2) is 5.78 Å². The molecule has 0 rings (SSSR count). The Balaban J connectivity index is 3.42. The van der Waals surface area contributed by atoms with Gasteiger partial charge in [0.1, 0.15) is 5.78 Å². The van der Waals surface area contributed by atoms with Gasteiger partial charge < -0.3 is 4.79 Å². The van der Waals surface area contributed by atoms with Gasteiger partial charge in [-0.15, -0.1) is 0 Å². The second-order valence-corrected chi connectivity index (χ2v) is 4.10. The average Bonchev–Trinajstić information content (AvgIpc) is 2.12. The molecule has 82 valence electrons. The van der Waals surface area contributed by atoms with Crippen LogP contribution < -0.4 is 0 Å². The highest BCUT2D eigenvalue weighted by molar-refractivity contribution is 5.75. The van der Waals surface area contributed by atoms with Crippen LogP contribution in [0.2, 0.25) is 0 Å². The first-order chi connectivity index (χ1) is 6.66. The summed E-state index contributed by atoms with van der Waals surface area (Å²) in [5.74, 6) is 0.292. The monoisotopic (exact) mass is 196 g/mol. The molecule has 0 aromatic carbocycles. The van der Waals surface area contributed by atoms with E-state index in [4.69, 9.17) is 0 Å². The molecule has 0 amide bonds. The zero-order chi connectivity index (χ0) is 10.8.